The second-order valence-electron chi connectivity index (χ2n) is 5.15. The minimum Gasteiger partial charge on any atom is -0.381 e. The summed E-state index contributed by atoms with van der Waals surface area (Å²) in [6.07, 6.45) is 2.56. The van der Waals surface area contributed by atoms with Gasteiger partial charge in [0.2, 0.25) is 15.9 Å². The first-order chi connectivity index (χ1) is 9.23. The molecule has 8 nitrogen and oxygen atoms in total. The van der Waals surface area contributed by atoms with Gasteiger partial charge in [0.15, 0.2) is 5.82 Å². The van der Waals surface area contributed by atoms with Crippen LogP contribution in [0.5, 0.6) is 0 Å². The highest BCUT2D eigenvalue weighted by molar-refractivity contribution is 7.89. The number of hydrogen-bond donors (Lipinski definition) is 2. The normalized spacial score (nSPS) is 24.7. The van der Waals surface area contributed by atoms with Crippen molar-refractivity contribution in [2.24, 2.45) is 18.7 Å². The van der Waals surface area contributed by atoms with Crippen molar-refractivity contribution in [1.82, 2.24) is 14.1 Å². The lowest BCUT2D eigenvalue weighted by atomic mass is 9.95. The molecule has 2 rings (SSSR count). The number of piperidine rings is 1. The zero-order chi connectivity index (χ0) is 15.1. The average molecular weight is 301 g/mol. The Bertz CT molecular complexity index is 624. The molecule has 0 bridgehead atoms. The van der Waals surface area contributed by atoms with E-state index in [-0.39, 0.29) is 23.3 Å². The van der Waals surface area contributed by atoms with Crippen LogP contribution in [0.2, 0.25) is 0 Å². The minimum atomic E-state index is -3.77. The molecule has 2 atom stereocenters. The van der Waals surface area contributed by atoms with Crippen LogP contribution in [0.25, 0.3) is 0 Å². The number of hydrogen-bond acceptors (Lipinski definition) is 5. The summed E-state index contributed by atoms with van der Waals surface area (Å²) >= 11 is 0. The molecule has 1 aromatic heterocycles. The van der Waals surface area contributed by atoms with E-state index in [9.17, 15) is 13.2 Å². The van der Waals surface area contributed by atoms with Crippen LogP contribution in [0, 0.1) is 5.92 Å². The summed E-state index contributed by atoms with van der Waals surface area (Å²) in [4.78, 5) is 11.3. The molecule has 0 saturated carbocycles. The van der Waals surface area contributed by atoms with Gasteiger partial charge in [-0.1, -0.05) is 0 Å². The molecule has 1 aliphatic heterocycles. The number of rotatable bonds is 3. The summed E-state index contributed by atoms with van der Waals surface area (Å²) in [5.74, 6) is -0.976. The van der Waals surface area contributed by atoms with E-state index < -0.39 is 21.8 Å². The summed E-state index contributed by atoms with van der Waals surface area (Å²) in [6, 6.07) is -0.199. The third-order valence-corrected chi connectivity index (χ3v) is 5.63. The molecule has 1 aliphatic rings. The molecule has 9 heteroatoms. The Hall–Kier alpha value is -1.61. The summed E-state index contributed by atoms with van der Waals surface area (Å²) < 4.78 is 27.9. The van der Waals surface area contributed by atoms with Crippen molar-refractivity contribution in [3.05, 3.63) is 6.20 Å². The zero-order valence-corrected chi connectivity index (χ0v) is 12.3. The van der Waals surface area contributed by atoms with Crippen LogP contribution in [0.15, 0.2) is 11.1 Å². The lowest BCUT2D eigenvalue weighted by Gasteiger charge is -2.35. The lowest BCUT2D eigenvalue weighted by Crippen LogP contribution is -2.48. The predicted molar refractivity (Wildman–Crippen MR) is 72.9 cm³/mol. The van der Waals surface area contributed by atoms with Crippen LogP contribution >= 0.6 is 0 Å². The molecule has 20 heavy (non-hydrogen) atoms. The van der Waals surface area contributed by atoms with E-state index in [1.807, 2.05) is 0 Å². The average Bonchev–Trinajstić information content (AvgIpc) is 2.69. The summed E-state index contributed by atoms with van der Waals surface area (Å²) in [7, 11) is -2.17. The van der Waals surface area contributed by atoms with Crippen LogP contribution in [0.1, 0.15) is 19.8 Å². The molecule has 0 aliphatic carbocycles. The molecule has 0 radical (unpaired) electrons. The SMILES string of the molecule is CC1CCC(C(N)=O)CN1S(=O)(=O)c1cn(C)nc1N. The molecule has 1 amide bonds. The van der Waals surface area contributed by atoms with E-state index >= 15 is 0 Å². The number of carbonyl (C=O) groups is 1. The van der Waals surface area contributed by atoms with E-state index in [2.05, 4.69) is 5.10 Å². The first kappa shape index (κ1) is 14.8. The van der Waals surface area contributed by atoms with Gasteiger partial charge in [0.1, 0.15) is 4.90 Å². The summed E-state index contributed by atoms with van der Waals surface area (Å²) in [5.41, 5.74) is 10.9. The topological polar surface area (TPSA) is 124 Å². The number of carbonyl (C=O) groups excluding carboxylic acids is 1. The minimum absolute atomic E-state index is 0.0306. The van der Waals surface area contributed by atoms with Crippen LogP contribution in [0.4, 0.5) is 5.82 Å². The van der Waals surface area contributed by atoms with Gasteiger partial charge in [0.25, 0.3) is 0 Å². The number of nitrogens with zero attached hydrogens (tertiary/aromatic N) is 3. The van der Waals surface area contributed by atoms with Gasteiger partial charge in [-0.25, -0.2) is 8.42 Å². The van der Waals surface area contributed by atoms with E-state index in [0.717, 1.165) is 0 Å². The molecule has 2 heterocycles. The fraction of sp³-hybridized carbons (Fsp3) is 0.636. The number of anilines is 1. The Balaban J connectivity index is 2.37. The first-order valence-electron chi connectivity index (χ1n) is 6.33. The fourth-order valence-corrected chi connectivity index (χ4v) is 4.25. The second-order valence-corrected chi connectivity index (χ2v) is 7.01. The lowest BCUT2D eigenvalue weighted by molar-refractivity contribution is -0.123. The zero-order valence-electron chi connectivity index (χ0n) is 11.5. The molecule has 0 spiro atoms. The molecule has 1 saturated heterocycles. The van der Waals surface area contributed by atoms with Crippen molar-refractivity contribution >= 4 is 21.7 Å². The van der Waals surface area contributed by atoms with Crippen LogP contribution in [0.3, 0.4) is 0 Å². The van der Waals surface area contributed by atoms with E-state index in [1.54, 1.807) is 14.0 Å². The summed E-state index contributed by atoms with van der Waals surface area (Å²) in [6.45, 7) is 1.90. The smallest absolute Gasteiger partial charge is 0.248 e. The van der Waals surface area contributed by atoms with Crippen molar-refractivity contribution in [1.29, 1.82) is 0 Å². The van der Waals surface area contributed by atoms with Gasteiger partial charge >= 0.3 is 0 Å². The maximum Gasteiger partial charge on any atom is 0.248 e. The maximum atomic E-state index is 12.6. The van der Waals surface area contributed by atoms with Crippen molar-refractivity contribution in [2.75, 3.05) is 12.3 Å². The van der Waals surface area contributed by atoms with Crippen molar-refractivity contribution in [3.63, 3.8) is 0 Å². The molecule has 0 aromatic carbocycles. The number of amides is 1. The van der Waals surface area contributed by atoms with Gasteiger partial charge < -0.3 is 11.5 Å². The molecular weight excluding hydrogens is 282 g/mol. The Morgan fingerprint density at radius 3 is 2.60 bits per heavy atom. The Kier molecular flexibility index (Phi) is 3.74. The number of aromatic nitrogens is 2. The van der Waals surface area contributed by atoms with Gasteiger partial charge in [-0.3, -0.25) is 9.48 Å². The maximum absolute atomic E-state index is 12.6. The molecule has 112 valence electrons. The monoisotopic (exact) mass is 301 g/mol. The standard InChI is InChI=1S/C11H19N5O3S/c1-7-3-4-8(11(13)17)5-16(7)20(18,19)9-6-15(2)14-10(9)12/h6-8H,3-5H2,1-2H3,(H2,12,14)(H2,13,17). The Labute approximate surface area is 117 Å². The van der Waals surface area contributed by atoms with Crippen molar-refractivity contribution in [2.45, 2.75) is 30.7 Å². The highest BCUT2D eigenvalue weighted by Crippen LogP contribution is 2.29. The first-order valence-corrected chi connectivity index (χ1v) is 7.77. The van der Waals surface area contributed by atoms with E-state index in [0.29, 0.717) is 12.8 Å². The Morgan fingerprint density at radius 1 is 1.45 bits per heavy atom. The summed E-state index contributed by atoms with van der Waals surface area (Å²) in [5, 5.41) is 3.85. The van der Waals surface area contributed by atoms with Gasteiger partial charge in [-0.2, -0.15) is 9.40 Å². The van der Waals surface area contributed by atoms with Gasteiger partial charge in [-0.05, 0) is 19.8 Å². The third-order valence-electron chi connectivity index (χ3n) is 3.64. The van der Waals surface area contributed by atoms with Gasteiger partial charge in [-0.15, -0.1) is 0 Å². The number of nitrogen functional groups attached to an aromatic ring is 1. The fourth-order valence-electron chi connectivity index (χ4n) is 2.45. The highest BCUT2D eigenvalue weighted by Gasteiger charge is 2.38. The number of aryl methyl sites for hydroxylation is 1. The Morgan fingerprint density at radius 2 is 2.10 bits per heavy atom. The van der Waals surface area contributed by atoms with Gasteiger partial charge in [0.05, 0.1) is 5.92 Å². The van der Waals surface area contributed by atoms with Crippen molar-refractivity contribution < 1.29 is 13.2 Å². The quantitative estimate of drug-likeness (QED) is 0.762. The number of primary amides is 1. The van der Waals surface area contributed by atoms with Crippen LogP contribution in [-0.2, 0) is 21.9 Å². The number of sulfonamides is 1. The van der Waals surface area contributed by atoms with Crippen LogP contribution in [-0.4, -0.2) is 41.0 Å². The van der Waals surface area contributed by atoms with E-state index in [1.165, 1.54) is 15.2 Å². The molecular formula is C11H19N5O3S. The van der Waals surface area contributed by atoms with Crippen LogP contribution < -0.4 is 11.5 Å². The molecule has 1 aromatic rings. The van der Waals surface area contributed by atoms with Gasteiger partial charge in [0, 0.05) is 25.8 Å². The molecule has 4 N–H and O–H groups in total. The van der Waals surface area contributed by atoms with E-state index in [4.69, 9.17) is 11.5 Å². The molecule has 2 unspecified atom stereocenters. The number of nitrogens with two attached hydrogens (primary N) is 2. The second kappa shape index (κ2) is 5.06. The third kappa shape index (κ3) is 2.50. The highest BCUT2D eigenvalue weighted by atomic mass is 32.2. The largest absolute Gasteiger partial charge is 0.381 e. The molecule has 1 fully saturated rings. The van der Waals surface area contributed by atoms with Crippen molar-refractivity contribution in [3.8, 4) is 0 Å². The predicted octanol–water partition coefficient (Wildman–Crippen LogP) is -0.723.